The van der Waals surface area contributed by atoms with Crippen molar-refractivity contribution >= 4 is 28.4 Å². The Morgan fingerprint density at radius 3 is 2.43 bits per heavy atom. The minimum absolute atomic E-state index is 0.0887. The molecule has 1 aromatic heterocycles. The Bertz CT molecular complexity index is 1060. The predicted molar refractivity (Wildman–Crippen MR) is 112 cm³/mol. The lowest BCUT2D eigenvalue weighted by molar-refractivity contribution is 0.0949. The van der Waals surface area contributed by atoms with Crippen LogP contribution >= 0.6 is 0 Å². The first kappa shape index (κ1) is 18.3. The van der Waals surface area contributed by atoms with E-state index in [1.165, 1.54) is 0 Å². The third-order valence-corrected chi connectivity index (χ3v) is 5.20. The van der Waals surface area contributed by atoms with Crippen molar-refractivity contribution in [3.05, 3.63) is 65.4 Å². The number of hydrogen-bond acceptors (Lipinski definition) is 2. The maximum atomic E-state index is 12.9. The number of carbonyl (C=O) groups is 2. The first-order valence-corrected chi connectivity index (χ1v) is 9.76. The maximum Gasteiger partial charge on any atom is 0.255 e. The van der Waals surface area contributed by atoms with Gasteiger partial charge in [-0.15, -0.1) is 0 Å². The first-order chi connectivity index (χ1) is 13.4. The highest BCUT2D eigenvalue weighted by Gasteiger charge is 2.24. The fraction of sp³-hybridized carbons (Fsp3) is 0.304. The zero-order valence-electron chi connectivity index (χ0n) is 16.5. The van der Waals surface area contributed by atoms with Crippen molar-refractivity contribution < 1.29 is 9.59 Å². The van der Waals surface area contributed by atoms with E-state index in [1.54, 1.807) is 12.1 Å². The van der Waals surface area contributed by atoms with Gasteiger partial charge in [-0.05, 0) is 74.9 Å². The smallest absolute Gasteiger partial charge is 0.255 e. The number of aromatic nitrogens is 1. The van der Waals surface area contributed by atoms with E-state index < -0.39 is 0 Å². The largest absolute Gasteiger partial charge is 0.349 e. The monoisotopic (exact) mass is 375 g/mol. The van der Waals surface area contributed by atoms with Gasteiger partial charge >= 0.3 is 0 Å². The molecule has 4 rings (SSSR count). The molecule has 0 aliphatic heterocycles. The van der Waals surface area contributed by atoms with Crippen molar-refractivity contribution in [2.24, 2.45) is 0 Å². The third kappa shape index (κ3) is 3.65. The number of rotatable bonds is 5. The van der Waals surface area contributed by atoms with Crippen LogP contribution in [0.1, 0.15) is 59.0 Å². The molecule has 0 bridgehead atoms. The Hall–Kier alpha value is -3.08. The lowest BCUT2D eigenvalue weighted by Crippen LogP contribution is -2.25. The number of hydrogen-bond donors (Lipinski definition) is 2. The van der Waals surface area contributed by atoms with E-state index in [4.69, 9.17) is 0 Å². The summed E-state index contributed by atoms with van der Waals surface area (Å²) in [6, 6.07) is 13.8. The van der Waals surface area contributed by atoms with Crippen LogP contribution in [0.15, 0.2) is 48.7 Å². The van der Waals surface area contributed by atoms with Crippen LogP contribution in [0.3, 0.4) is 0 Å². The summed E-state index contributed by atoms with van der Waals surface area (Å²) >= 11 is 0. The van der Waals surface area contributed by atoms with Crippen molar-refractivity contribution in [3.8, 4) is 0 Å². The molecule has 2 amide bonds. The van der Waals surface area contributed by atoms with E-state index in [0.29, 0.717) is 28.9 Å². The van der Waals surface area contributed by atoms with Crippen LogP contribution < -0.4 is 10.6 Å². The SMILES string of the molecule is Cc1ccc(C(=O)NC2CC2)cc1NC(=O)c1ccc2ccn(C(C)C)c2c1. The molecule has 5 nitrogen and oxygen atoms in total. The Kier molecular flexibility index (Phi) is 4.67. The van der Waals surface area contributed by atoms with E-state index in [1.807, 2.05) is 37.4 Å². The van der Waals surface area contributed by atoms with Gasteiger partial charge in [-0.25, -0.2) is 0 Å². The molecule has 0 atom stereocenters. The van der Waals surface area contributed by atoms with Gasteiger partial charge in [0.2, 0.25) is 0 Å². The van der Waals surface area contributed by atoms with Gasteiger partial charge in [-0.1, -0.05) is 12.1 Å². The zero-order chi connectivity index (χ0) is 19.8. The molecule has 144 valence electrons. The summed E-state index contributed by atoms with van der Waals surface area (Å²) in [5.74, 6) is -0.268. The quantitative estimate of drug-likeness (QED) is 0.680. The highest BCUT2D eigenvalue weighted by atomic mass is 16.2. The van der Waals surface area contributed by atoms with Gasteiger partial charge < -0.3 is 15.2 Å². The van der Waals surface area contributed by atoms with Crippen LogP contribution in [-0.2, 0) is 0 Å². The van der Waals surface area contributed by atoms with Crippen LogP contribution in [0.4, 0.5) is 5.69 Å². The highest BCUT2D eigenvalue weighted by Crippen LogP contribution is 2.24. The summed E-state index contributed by atoms with van der Waals surface area (Å²) < 4.78 is 2.15. The number of benzene rings is 2. The van der Waals surface area contributed by atoms with E-state index in [0.717, 1.165) is 29.3 Å². The first-order valence-electron chi connectivity index (χ1n) is 9.76. The summed E-state index contributed by atoms with van der Waals surface area (Å²) in [5, 5.41) is 7.06. The van der Waals surface area contributed by atoms with E-state index >= 15 is 0 Å². The molecule has 1 heterocycles. The average molecular weight is 375 g/mol. The normalized spacial score (nSPS) is 13.7. The van der Waals surface area contributed by atoms with E-state index in [9.17, 15) is 9.59 Å². The lowest BCUT2D eigenvalue weighted by Gasteiger charge is -2.12. The topological polar surface area (TPSA) is 63.1 Å². The molecule has 3 aromatic rings. The van der Waals surface area contributed by atoms with Gasteiger partial charge in [0.25, 0.3) is 11.8 Å². The van der Waals surface area contributed by atoms with Crippen LogP contribution in [0, 0.1) is 6.92 Å². The molecule has 0 saturated heterocycles. The summed E-state index contributed by atoms with van der Waals surface area (Å²) in [6.07, 6.45) is 4.13. The number of carbonyl (C=O) groups excluding carboxylic acids is 2. The Morgan fingerprint density at radius 2 is 1.71 bits per heavy atom. The molecule has 1 saturated carbocycles. The van der Waals surface area contributed by atoms with Crippen molar-refractivity contribution in [2.75, 3.05) is 5.32 Å². The molecule has 2 aromatic carbocycles. The van der Waals surface area contributed by atoms with Gasteiger partial charge in [-0.2, -0.15) is 0 Å². The molecular weight excluding hydrogens is 350 g/mol. The van der Waals surface area contributed by atoms with Crippen molar-refractivity contribution in [1.82, 2.24) is 9.88 Å². The molecule has 28 heavy (non-hydrogen) atoms. The second-order valence-corrected chi connectivity index (χ2v) is 7.82. The number of amides is 2. The fourth-order valence-corrected chi connectivity index (χ4v) is 3.33. The van der Waals surface area contributed by atoms with Gasteiger partial charge in [0, 0.05) is 40.6 Å². The second kappa shape index (κ2) is 7.15. The molecule has 1 aliphatic rings. The molecule has 2 N–H and O–H groups in total. The molecule has 0 unspecified atom stereocenters. The lowest BCUT2D eigenvalue weighted by atomic mass is 10.1. The molecule has 5 heteroatoms. The molecule has 1 fully saturated rings. The summed E-state index contributed by atoms with van der Waals surface area (Å²) in [4.78, 5) is 25.2. The van der Waals surface area contributed by atoms with Gasteiger partial charge in [0.05, 0.1) is 0 Å². The Balaban J connectivity index is 1.58. The Labute approximate surface area is 164 Å². The predicted octanol–water partition coefficient (Wildman–Crippen LogP) is 4.68. The van der Waals surface area contributed by atoms with Crippen molar-refractivity contribution in [2.45, 2.75) is 45.7 Å². The summed E-state index contributed by atoms with van der Waals surface area (Å²) in [5.41, 5.74) is 3.78. The number of anilines is 1. The fourth-order valence-electron chi connectivity index (χ4n) is 3.33. The molecular formula is C23H25N3O2. The van der Waals surface area contributed by atoms with Crippen LogP contribution in [0.5, 0.6) is 0 Å². The molecule has 0 spiro atoms. The molecule has 0 radical (unpaired) electrons. The second-order valence-electron chi connectivity index (χ2n) is 7.82. The standard InChI is InChI=1S/C23H25N3O2/c1-14(2)26-11-10-16-6-7-18(13-21(16)26)23(28)25-20-12-17(5-4-15(20)3)22(27)24-19-8-9-19/h4-7,10-14,19H,8-9H2,1-3H3,(H,24,27)(H,25,28). The average Bonchev–Trinajstić information content (AvgIpc) is 3.37. The summed E-state index contributed by atoms with van der Waals surface area (Å²) in [6.45, 7) is 6.16. The van der Waals surface area contributed by atoms with E-state index in [-0.39, 0.29) is 11.8 Å². The van der Waals surface area contributed by atoms with Crippen LogP contribution in [0.25, 0.3) is 10.9 Å². The number of nitrogens with one attached hydrogen (secondary N) is 2. The summed E-state index contributed by atoms with van der Waals surface area (Å²) in [7, 11) is 0. The van der Waals surface area contributed by atoms with Crippen LogP contribution in [-0.4, -0.2) is 22.4 Å². The van der Waals surface area contributed by atoms with Crippen molar-refractivity contribution in [3.63, 3.8) is 0 Å². The Morgan fingerprint density at radius 1 is 1.00 bits per heavy atom. The minimum atomic E-state index is -0.179. The third-order valence-electron chi connectivity index (χ3n) is 5.20. The number of nitrogens with zero attached hydrogens (tertiary/aromatic N) is 1. The minimum Gasteiger partial charge on any atom is -0.349 e. The van der Waals surface area contributed by atoms with Crippen molar-refractivity contribution in [1.29, 1.82) is 0 Å². The maximum absolute atomic E-state index is 12.9. The van der Waals surface area contributed by atoms with Gasteiger partial charge in [-0.3, -0.25) is 9.59 Å². The molecule has 1 aliphatic carbocycles. The van der Waals surface area contributed by atoms with Crippen LogP contribution in [0.2, 0.25) is 0 Å². The van der Waals surface area contributed by atoms with Gasteiger partial charge in [0.1, 0.15) is 0 Å². The number of aryl methyl sites for hydroxylation is 1. The van der Waals surface area contributed by atoms with E-state index in [2.05, 4.69) is 35.1 Å². The number of fused-ring (bicyclic) bond motifs is 1. The zero-order valence-corrected chi connectivity index (χ0v) is 16.5. The van der Waals surface area contributed by atoms with Gasteiger partial charge in [0.15, 0.2) is 0 Å². The highest BCUT2D eigenvalue weighted by molar-refractivity contribution is 6.07.